The Balaban J connectivity index is 1.27. The van der Waals surface area contributed by atoms with Gasteiger partial charge in [-0.3, -0.25) is 9.48 Å². The summed E-state index contributed by atoms with van der Waals surface area (Å²) >= 11 is 1.57. The molecule has 0 radical (unpaired) electrons. The Morgan fingerprint density at radius 1 is 1.35 bits per heavy atom. The Morgan fingerprint density at radius 3 is 2.88 bits per heavy atom. The SMILES string of the molecule is Cn1nccc1C1CCN(C(=O)CCc2nc(-c3cccs3)no2)CC1. The molecule has 1 amide bonds. The summed E-state index contributed by atoms with van der Waals surface area (Å²) in [4.78, 5) is 19.8. The van der Waals surface area contributed by atoms with Crippen LogP contribution in [0.15, 0.2) is 34.3 Å². The molecule has 0 N–H and O–H groups in total. The maximum Gasteiger partial charge on any atom is 0.227 e. The van der Waals surface area contributed by atoms with Gasteiger partial charge in [-0.15, -0.1) is 11.3 Å². The van der Waals surface area contributed by atoms with E-state index in [2.05, 4.69) is 21.3 Å². The lowest BCUT2D eigenvalue weighted by molar-refractivity contribution is -0.132. The van der Waals surface area contributed by atoms with Crippen molar-refractivity contribution in [2.45, 2.75) is 31.6 Å². The predicted molar refractivity (Wildman–Crippen MR) is 97.7 cm³/mol. The van der Waals surface area contributed by atoms with Gasteiger partial charge in [-0.25, -0.2) is 0 Å². The number of aromatic nitrogens is 4. The Hall–Kier alpha value is -2.48. The lowest BCUT2D eigenvalue weighted by Crippen LogP contribution is -2.38. The summed E-state index contributed by atoms with van der Waals surface area (Å²) in [6, 6.07) is 5.98. The molecule has 0 unspecified atom stereocenters. The standard InChI is InChI=1S/C18H21N5O2S/c1-22-14(6-9-19-22)13-7-10-23(11-8-13)17(24)5-4-16-20-18(21-25-16)15-3-2-12-26-15/h2-3,6,9,12-13H,4-5,7-8,10-11H2,1H3. The summed E-state index contributed by atoms with van der Waals surface area (Å²) in [7, 11) is 1.97. The second-order valence-electron chi connectivity index (χ2n) is 6.52. The number of hydrogen-bond acceptors (Lipinski definition) is 6. The summed E-state index contributed by atoms with van der Waals surface area (Å²) in [5.74, 6) is 1.76. The number of likely N-dealkylation sites (tertiary alicyclic amines) is 1. The van der Waals surface area contributed by atoms with E-state index in [4.69, 9.17) is 4.52 Å². The number of rotatable bonds is 5. The number of hydrogen-bond donors (Lipinski definition) is 0. The van der Waals surface area contributed by atoms with Gasteiger partial charge >= 0.3 is 0 Å². The molecule has 7 nitrogen and oxygen atoms in total. The maximum absolute atomic E-state index is 12.5. The lowest BCUT2D eigenvalue weighted by Gasteiger charge is -2.32. The summed E-state index contributed by atoms with van der Waals surface area (Å²) in [6.07, 6.45) is 4.69. The van der Waals surface area contributed by atoms with Crippen LogP contribution in [0.3, 0.4) is 0 Å². The van der Waals surface area contributed by atoms with Gasteiger partial charge in [0.15, 0.2) is 0 Å². The van der Waals surface area contributed by atoms with Crippen LogP contribution in [0.2, 0.25) is 0 Å². The van der Waals surface area contributed by atoms with Crippen molar-refractivity contribution in [3.63, 3.8) is 0 Å². The maximum atomic E-state index is 12.5. The Labute approximate surface area is 155 Å². The lowest BCUT2D eigenvalue weighted by atomic mass is 9.93. The minimum Gasteiger partial charge on any atom is -0.343 e. The van der Waals surface area contributed by atoms with Crippen molar-refractivity contribution in [3.8, 4) is 10.7 Å². The van der Waals surface area contributed by atoms with Gasteiger partial charge in [0.25, 0.3) is 0 Å². The van der Waals surface area contributed by atoms with Gasteiger partial charge in [-0.05, 0) is 30.4 Å². The normalized spacial score (nSPS) is 15.5. The second-order valence-corrected chi connectivity index (χ2v) is 7.47. The highest BCUT2D eigenvalue weighted by molar-refractivity contribution is 7.13. The zero-order valence-electron chi connectivity index (χ0n) is 14.7. The van der Waals surface area contributed by atoms with Crippen LogP contribution in [0.5, 0.6) is 0 Å². The molecule has 1 aliphatic rings. The van der Waals surface area contributed by atoms with Crippen LogP contribution in [0.4, 0.5) is 0 Å². The molecule has 26 heavy (non-hydrogen) atoms. The van der Waals surface area contributed by atoms with E-state index >= 15 is 0 Å². The molecule has 0 saturated carbocycles. The average molecular weight is 371 g/mol. The number of amides is 1. The molecule has 3 aromatic rings. The molecule has 8 heteroatoms. The van der Waals surface area contributed by atoms with Gasteiger partial charge in [0.1, 0.15) is 0 Å². The van der Waals surface area contributed by atoms with Crippen LogP contribution in [0.25, 0.3) is 10.7 Å². The van der Waals surface area contributed by atoms with Crippen LogP contribution in [0.1, 0.15) is 36.8 Å². The quantitative estimate of drug-likeness (QED) is 0.689. The number of nitrogens with zero attached hydrogens (tertiary/aromatic N) is 5. The summed E-state index contributed by atoms with van der Waals surface area (Å²) in [5.41, 5.74) is 1.25. The molecule has 0 bridgehead atoms. The molecule has 0 aliphatic carbocycles. The Bertz CT molecular complexity index is 862. The van der Waals surface area contributed by atoms with E-state index in [9.17, 15) is 4.79 Å². The van der Waals surface area contributed by atoms with Crippen LogP contribution < -0.4 is 0 Å². The molecule has 136 valence electrons. The van der Waals surface area contributed by atoms with Gasteiger partial charge in [-0.1, -0.05) is 11.2 Å². The molecule has 3 aromatic heterocycles. The first-order valence-corrected chi connectivity index (χ1v) is 9.71. The molecule has 0 atom stereocenters. The summed E-state index contributed by atoms with van der Waals surface area (Å²) in [5, 5.41) is 10.2. The van der Waals surface area contributed by atoms with Crippen molar-refractivity contribution >= 4 is 17.2 Å². The molecule has 0 aromatic carbocycles. The Morgan fingerprint density at radius 2 is 2.19 bits per heavy atom. The number of carbonyl (C=O) groups is 1. The first-order valence-electron chi connectivity index (χ1n) is 8.83. The van der Waals surface area contributed by atoms with Crippen molar-refractivity contribution in [2.75, 3.05) is 13.1 Å². The van der Waals surface area contributed by atoms with Crippen LogP contribution in [0, 0.1) is 0 Å². The number of thiophene rings is 1. The van der Waals surface area contributed by atoms with Gasteiger partial charge in [0.2, 0.25) is 17.6 Å². The fraction of sp³-hybridized carbons (Fsp3) is 0.444. The monoisotopic (exact) mass is 371 g/mol. The van der Waals surface area contributed by atoms with E-state index in [0.29, 0.717) is 30.5 Å². The van der Waals surface area contributed by atoms with Crippen molar-refractivity contribution in [1.29, 1.82) is 0 Å². The van der Waals surface area contributed by atoms with Gasteiger partial charge in [0.05, 0.1) is 4.88 Å². The minimum absolute atomic E-state index is 0.157. The highest BCUT2D eigenvalue weighted by Crippen LogP contribution is 2.28. The largest absolute Gasteiger partial charge is 0.343 e. The van der Waals surface area contributed by atoms with Gasteiger partial charge < -0.3 is 9.42 Å². The smallest absolute Gasteiger partial charge is 0.227 e. The molecule has 1 aliphatic heterocycles. The minimum atomic E-state index is 0.157. The highest BCUT2D eigenvalue weighted by Gasteiger charge is 2.25. The van der Waals surface area contributed by atoms with Crippen LogP contribution in [-0.2, 0) is 18.3 Å². The highest BCUT2D eigenvalue weighted by atomic mass is 32.1. The van der Waals surface area contributed by atoms with Crippen molar-refractivity contribution in [1.82, 2.24) is 24.8 Å². The first kappa shape index (κ1) is 17.0. The van der Waals surface area contributed by atoms with E-state index in [1.807, 2.05) is 40.3 Å². The molecule has 1 fully saturated rings. The molecule has 4 heterocycles. The van der Waals surface area contributed by atoms with E-state index in [1.54, 1.807) is 11.3 Å². The Kier molecular flexibility index (Phi) is 4.83. The van der Waals surface area contributed by atoms with Crippen molar-refractivity contribution in [3.05, 3.63) is 41.4 Å². The fourth-order valence-electron chi connectivity index (χ4n) is 3.44. The predicted octanol–water partition coefficient (Wildman–Crippen LogP) is 2.87. The number of aryl methyl sites for hydroxylation is 2. The molecule has 1 saturated heterocycles. The average Bonchev–Trinajstić information content (AvgIpc) is 3.41. The van der Waals surface area contributed by atoms with Gasteiger partial charge in [0, 0.05) is 50.8 Å². The topological polar surface area (TPSA) is 77.1 Å². The van der Waals surface area contributed by atoms with E-state index < -0.39 is 0 Å². The molecule has 4 rings (SSSR count). The second kappa shape index (κ2) is 7.41. The molecule has 0 spiro atoms. The van der Waals surface area contributed by atoms with Crippen LogP contribution in [-0.4, -0.2) is 43.8 Å². The summed E-state index contributed by atoms with van der Waals surface area (Å²) < 4.78 is 7.20. The zero-order valence-corrected chi connectivity index (χ0v) is 15.5. The third-order valence-corrected chi connectivity index (χ3v) is 5.75. The molecular formula is C18H21N5O2S. The first-order chi connectivity index (χ1) is 12.7. The third-order valence-electron chi connectivity index (χ3n) is 4.89. The van der Waals surface area contributed by atoms with Crippen molar-refractivity contribution in [2.24, 2.45) is 7.05 Å². The zero-order chi connectivity index (χ0) is 17.9. The number of piperidine rings is 1. The van der Waals surface area contributed by atoms with E-state index in [1.165, 1.54) is 5.69 Å². The fourth-order valence-corrected chi connectivity index (χ4v) is 4.09. The summed E-state index contributed by atoms with van der Waals surface area (Å²) in [6.45, 7) is 1.58. The van der Waals surface area contributed by atoms with Crippen LogP contribution >= 0.6 is 11.3 Å². The van der Waals surface area contributed by atoms with Crippen molar-refractivity contribution < 1.29 is 9.32 Å². The van der Waals surface area contributed by atoms with E-state index in [0.717, 1.165) is 30.8 Å². The van der Waals surface area contributed by atoms with Gasteiger partial charge in [-0.2, -0.15) is 10.1 Å². The number of carbonyl (C=O) groups excluding carboxylic acids is 1. The molecular weight excluding hydrogens is 350 g/mol. The third kappa shape index (κ3) is 3.55. The van der Waals surface area contributed by atoms with E-state index in [-0.39, 0.29) is 5.91 Å².